The van der Waals surface area contributed by atoms with Crippen LogP contribution in [0.25, 0.3) is 0 Å². The van der Waals surface area contributed by atoms with E-state index in [1.54, 1.807) is 12.3 Å². The van der Waals surface area contributed by atoms with Crippen LogP contribution in [0.2, 0.25) is 5.02 Å². The van der Waals surface area contributed by atoms with Gasteiger partial charge in [-0.2, -0.15) is 0 Å². The summed E-state index contributed by atoms with van der Waals surface area (Å²) in [4.78, 5) is 6.20. The number of nitrogens with zero attached hydrogens (tertiary/aromatic N) is 2. The molecule has 1 aromatic heterocycles. The first-order chi connectivity index (χ1) is 8.52. The highest BCUT2D eigenvalue weighted by Crippen LogP contribution is 2.25. The predicted octanol–water partition coefficient (Wildman–Crippen LogP) is 2.10. The highest BCUT2D eigenvalue weighted by molar-refractivity contribution is 7.91. The van der Waals surface area contributed by atoms with Gasteiger partial charge in [0.2, 0.25) is 0 Å². The Hall–Kier alpha value is -0.520. The van der Waals surface area contributed by atoms with Crippen molar-refractivity contribution in [2.45, 2.75) is 12.3 Å². The van der Waals surface area contributed by atoms with Crippen LogP contribution in [0.5, 0.6) is 0 Å². The number of sulfone groups is 1. The number of alkyl halides is 1. The van der Waals surface area contributed by atoms with E-state index >= 15 is 0 Å². The summed E-state index contributed by atoms with van der Waals surface area (Å²) in [7, 11) is -2.92. The van der Waals surface area contributed by atoms with Crippen molar-refractivity contribution in [2.24, 2.45) is 0 Å². The number of anilines is 1. The van der Waals surface area contributed by atoms with Gasteiger partial charge in [-0.3, -0.25) is 0 Å². The second kappa shape index (κ2) is 5.63. The Labute approximate surface area is 117 Å². The lowest BCUT2D eigenvalue weighted by atomic mass is 10.3. The fourth-order valence-corrected chi connectivity index (χ4v) is 3.65. The third kappa shape index (κ3) is 3.28. The van der Waals surface area contributed by atoms with Crippen LogP contribution in [0.1, 0.15) is 12.0 Å². The number of hydrogen-bond acceptors (Lipinski definition) is 4. The molecule has 0 atom stereocenters. The third-order valence-corrected chi connectivity index (χ3v) is 5.19. The normalized spacial score (nSPS) is 19.6. The molecule has 0 bridgehead atoms. The van der Waals surface area contributed by atoms with Crippen molar-refractivity contribution < 1.29 is 8.42 Å². The van der Waals surface area contributed by atoms with Crippen LogP contribution in [0.3, 0.4) is 0 Å². The van der Waals surface area contributed by atoms with Gasteiger partial charge in [0, 0.05) is 25.2 Å². The minimum atomic E-state index is -2.92. The molecule has 1 saturated heterocycles. The second-order valence-electron chi connectivity index (χ2n) is 4.28. The van der Waals surface area contributed by atoms with Crippen molar-refractivity contribution in [1.29, 1.82) is 0 Å². The zero-order valence-corrected chi connectivity index (χ0v) is 12.1. The second-order valence-corrected chi connectivity index (χ2v) is 7.25. The van der Waals surface area contributed by atoms with Gasteiger partial charge in [-0.25, -0.2) is 13.4 Å². The molecule has 0 radical (unpaired) electrons. The molecule has 1 aliphatic rings. The van der Waals surface area contributed by atoms with E-state index in [0.29, 0.717) is 36.2 Å². The minimum Gasteiger partial charge on any atom is -0.354 e. The fraction of sp³-hybridized carbons (Fsp3) is 0.545. The number of hydrogen-bond donors (Lipinski definition) is 0. The predicted molar refractivity (Wildman–Crippen MR) is 74.3 cm³/mol. The molecule has 0 amide bonds. The van der Waals surface area contributed by atoms with Gasteiger partial charge >= 0.3 is 0 Å². The lowest BCUT2D eigenvalue weighted by molar-refractivity contribution is 0.597. The largest absolute Gasteiger partial charge is 0.354 e. The van der Waals surface area contributed by atoms with Gasteiger partial charge in [-0.1, -0.05) is 11.6 Å². The van der Waals surface area contributed by atoms with Crippen LogP contribution in [0.15, 0.2) is 12.3 Å². The van der Waals surface area contributed by atoms with Gasteiger partial charge in [0.15, 0.2) is 9.84 Å². The van der Waals surface area contributed by atoms with Gasteiger partial charge < -0.3 is 4.90 Å². The number of rotatable bonds is 2. The summed E-state index contributed by atoms with van der Waals surface area (Å²) >= 11 is 11.9. The maximum absolute atomic E-state index is 11.5. The molecule has 2 rings (SSSR count). The van der Waals surface area contributed by atoms with Gasteiger partial charge in [0.1, 0.15) is 5.82 Å². The number of halogens is 2. The van der Waals surface area contributed by atoms with Crippen molar-refractivity contribution in [2.75, 3.05) is 29.5 Å². The zero-order chi connectivity index (χ0) is 13.2. The van der Waals surface area contributed by atoms with Crippen LogP contribution >= 0.6 is 23.2 Å². The zero-order valence-electron chi connectivity index (χ0n) is 9.77. The van der Waals surface area contributed by atoms with Crippen LogP contribution in [0.4, 0.5) is 5.82 Å². The molecule has 1 aliphatic heterocycles. The summed E-state index contributed by atoms with van der Waals surface area (Å²) in [6.45, 7) is 1.10. The Kier molecular flexibility index (Phi) is 4.35. The molecule has 7 heteroatoms. The molecule has 0 aliphatic carbocycles. The fourth-order valence-electron chi connectivity index (χ4n) is 1.93. The summed E-state index contributed by atoms with van der Waals surface area (Å²) in [5.41, 5.74) is 0.855. The van der Waals surface area contributed by atoms with Gasteiger partial charge in [0.05, 0.1) is 16.5 Å². The van der Waals surface area contributed by atoms with Crippen molar-refractivity contribution in [3.05, 3.63) is 22.8 Å². The summed E-state index contributed by atoms with van der Waals surface area (Å²) in [6, 6.07) is 1.77. The van der Waals surface area contributed by atoms with E-state index in [4.69, 9.17) is 23.2 Å². The molecule has 0 spiro atoms. The maximum atomic E-state index is 11.5. The quantitative estimate of drug-likeness (QED) is 0.785. The summed E-state index contributed by atoms with van der Waals surface area (Å²) < 4.78 is 23.1. The summed E-state index contributed by atoms with van der Waals surface area (Å²) in [6.07, 6.45) is 2.28. The Bertz CT molecular complexity index is 534. The third-order valence-electron chi connectivity index (χ3n) is 2.89. The molecule has 2 heterocycles. The molecule has 0 saturated carbocycles. The Morgan fingerprint density at radius 3 is 2.78 bits per heavy atom. The average molecular weight is 309 g/mol. The first-order valence-corrected chi connectivity index (χ1v) is 8.41. The Morgan fingerprint density at radius 2 is 2.11 bits per heavy atom. The molecule has 0 N–H and O–H groups in total. The summed E-state index contributed by atoms with van der Waals surface area (Å²) in [5.74, 6) is 1.40. The topological polar surface area (TPSA) is 50.3 Å². The first kappa shape index (κ1) is 13.9. The van der Waals surface area contributed by atoms with E-state index in [1.807, 2.05) is 4.90 Å². The molecule has 1 fully saturated rings. The lowest BCUT2D eigenvalue weighted by Gasteiger charge is -2.22. The lowest BCUT2D eigenvalue weighted by Crippen LogP contribution is -2.27. The van der Waals surface area contributed by atoms with Gasteiger partial charge in [-0.15, -0.1) is 11.6 Å². The Morgan fingerprint density at radius 1 is 1.33 bits per heavy atom. The van der Waals surface area contributed by atoms with E-state index < -0.39 is 9.84 Å². The van der Waals surface area contributed by atoms with E-state index in [9.17, 15) is 8.42 Å². The smallest absolute Gasteiger partial charge is 0.152 e. The van der Waals surface area contributed by atoms with E-state index in [-0.39, 0.29) is 11.5 Å². The SMILES string of the molecule is O=S1(=O)CCCN(c2ncc(CCl)cc2Cl)CC1. The van der Waals surface area contributed by atoms with Crippen molar-refractivity contribution >= 4 is 38.9 Å². The van der Waals surface area contributed by atoms with Crippen molar-refractivity contribution in [3.63, 3.8) is 0 Å². The summed E-state index contributed by atoms with van der Waals surface area (Å²) in [5, 5.41) is 0.521. The highest BCUT2D eigenvalue weighted by Gasteiger charge is 2.21. The van der Waals surface area contributed by atoms with Crippen molar-refractivity contribution in [1.82, 2.24) is 4.98 Å². The maximum Gasteiger partial charge on any atom is 0.152 e. The average Bonchev–Trinajstić information content (AvgIpc) is 2.50. The standard InChI is InChI=1S/C11H14Cl2N2O2S/c12-7-9-6-10(13)11(14-8-9)15-2-1-4-18(16,17)5-3-15/h6,8H,1-5,7H2. The van der Waals surface area contributed by atoms with E-state index in [0.717, 1.165) is 5.56 Å². The molecule has 0 unspecified atom stereocenters. The van der Waals surface area contributed by atoms with E-state index in [1.165, 1.54) is 0 Å². The van der Waals surface area contributed by atoms with Gasteiger partial charge in [0.25, 0.3) is 0 Å². The van der Waals surface area contributed by atoms with Gasteiger partial charge in [-0.05, 0) is 18.1 Å². The minimum absolute atomic E-state index is 0.155. The number of aromatic nitrogens is 1. The molecule has 18 heavy (non-hydrogen) atoms. The van der Waals surface area contributed by atoms with Crippen LogP contribution in [-0.2, 0) is 15.7 Å². The van der Waals surface area contributed by atoms with E-state index in [2.05, 4.69) is 4.98 Å². The highest BCUT2D eigenvalue weighted by atomic mass is 35.5. The molecular weight excluding hydrogens is 295 g/mol. The van der Waals surface area contributed by atoms with Crippen LogP contribution < -0.4 is 4.90 Å². The molecule has 4 nitrogen and oxygen atoms in total. The first-order valence-electron chi connectivity index (χ1n) is 5.67. The molecule has 100 valence electrons. The van der Waals surface area contributed by atoms with Crippen molar-refractivity contribution in [3.8, 4) is 0 Å². The van der Waals surface area contributed by atoms with Crippen LogP contribution in [0, 0.1) is 0 Å². The Balaban J connectivity index is 2.21. The van der Waals surface area contributed by atoms with Crippen LogP contribution in [-0.4, -0.2) is 38.0 Å². The molecular formula is C11H14Cl2N2O2S. The molecule has 1 aromatic rings. The monoisotopic (exact) mass is 308 g/mol. The molecule has 0 aromatic carbocycles. The number of pyridine rings is 1.